The quantitative estimate of drug-likeness (QED) is 0.147. The normalized spacial score (nSPS) is 12.3. The minimum Gasteiger partial charge on any atom is -0.332 e. The monoisotopic (exact) mass is 632 g/mol. The van der Waals surface area contributed by atoms with Crippen molar-refractivity contribution < 1.29 is 18.0 Å². The number of halogens is 3. The van der Waals surface area contributed by atoms with Crippen molar-refractivity contribution in [1.82, 2.24) is 14.5 Å². The molecule has 4 aromatic rings. The molecule has 0 spiro atoms. The SMILES string of the molecule is Cc1ccc(NC(=S)N(Cc2ccccc2C(F)(F)F)C(N)C(C)(C)C(=O)Cc2cncn2Cc2ccc(C#N)cc2)c(C)c1. The van der Waals surface area contributed by atoms with Crippen molar-refractivity contribution in [3.8, 4) is 6.07 Å². The molecule has 234 valence electrons. The number of thiocarbonyl (C=S) groups is 1. The molecular weight excluding hydrogens is 597 g/mol. The molecule has 11 heteroatoms. The first-order valence-corrected chi connectivity index (χ1v) is 14.7. The Hall–Kier alpha value is -4.53. The number of Topliss-reactive ketones (excluding diaryl/α,β-unsaturated/α-hetero) is 1. The molecule has 0 aliphatic rings. The average molecular weight is 633 g/mol. The van der Waals surface area contributed by atoms with E-state index < -0.39 is 23.3 Å². The van der Waals surface area contributed by atoms with Gasteiger partial charge >= 0.3 is 6.18 Å². The van der Waals surface area contributed by atoms with Crippen molar-refractivity contribution in [1.29, 1.82) is 5.26 Å². The highest BCUT2D eigenvalue weighted by molar-refractivity contribution is 7.80. The average Bonchev–Trinajstić information content (AvgIpc) is 3.43. The summed E-state index contributed by atoms with van der Waals surface area (Å²) in [5.41, 5.74) is 9.46. The number of nitrogens with one attached hydrogen (secondary N) is 1. The van der Waals surface area contributed by atoms with E-state index in [0.717, 1.165) is 22.8 Å². The first-order valence-electron chi connectivity index (χ1n) is 14.3. The van der Waals surface area contributed by atoms with Crippen LogP contribution in [0.5, 0.6) is 0 Å². The van der Waals surface area contributed by atoms with Crippen LogP contribution in [-0.4, -0.2) is 31.5 Å². The fraction of sp³-hybridized carbons (Fsp3) is 0.294. The Labute approximate surface area is 266 Å². The number of hydrogen-bond donors (Lipinski definition) is 2. The summed E-state index contributed by atoms with van der Waals surface area (Å²) in [6.45, 7) is 7.35. The summed E-state index contributed by atoms with van der Waals surface area (Å²) in [6, 6.07) is 20.2. The zero-order chi connectivity index (χ0) is 32.9. The van der Waals surface area contributed by atoms with E-state index in [-0.39, 0.29) is 29.4 Å². The number of carbonyl (C=O) groups excluding carboxylic acids is 1. The first kappa shape index (κ1) is 33.4. The summed E-state index contributed by atoms with van der Waals surface area (Å²) in [4.78, 5) is 19.6. The maximum atomic E-state index is 14.0. The third-order valence-corrected chi connectivity index (χ3v) is 8.25. The number of imidazole rings is 1. The minimum absolute atomic E-state index is 0.0127. The predicted molar refractivity (Wildman–Crippen MR) is 172 cm³/mol. The fourth-order valence-electron chi connectivity index (χ4n) is 5.02. The molecule has 0 amide bonds. The number of nitrogens with zero attached hydrogens (tertiary/aromatic N) is 4. The van der Waals surface area contributed by atoms with Gasteiger partial charge in [-0.25, -0.2) is 4.98 Å². The van der Waals surface area contributed by atoms with Crippen molar-refractivity contribution >= 4 is 28.8 Å². The third-order valence-electron chi connectivity index (χ3n) is 7.92. The summed E-state index contributed by atoms with van der Waals surface area (Å²) in [5.74, 6) is -0.236. The van der Waals surface area contributed by atoms with E-state index in [1.165, 1.54) is 23.1 Å². The Morgan fingerprint density at radius 1 is 1.11 bits per heavy atom. The van der Waals surface area contributed by atoms with Gasteiger partial charge < -0.3 is 20.5 Å². The lowest BCUT2D eigenvalue weighted by Crippen LogP contribution is -2.57. The van der Waals surface area contributed by atoms with Gasteiger partial charge in [0.1, 0.15) is 5.78 Å². The lowest BCUT2D eigenvalue weighted by molar-refractivity contribution is -0.138. The third kappa shape index (κ3) is 7.95. The minimum atomic E-state index is -4.59. The smallest absolute Gasteiger partial charge is 0.332 e. The molecule has 1 heterocycles. The molecule has 3 N–H and O–H groups in total. The zero-order valence-corrected chi connectivity index (χ0v) is 26.3. The first-order chi connectivity index (χ1) is 21.2. The Balaban J connectivity index is 1.62. The Morgan fingerprint density at radius 2 is 1.80 bits per heavy atom. The van der Waals surface area contributed by atoms with Gasteiger partial charge in [-0.15, -0.1) is 0 Å². The number of rotatable bonds is 10. The van der Waals surface area contributed by atoms with Crippen LogP contribution in [0.2, 0.25) is 0 Å². The van der Waals surface area contributed by atoms with Crippen LogP contribution in [0.3, 0.4) is 0 Å². The van der Waals surface area contributed by atoms with E-state index in [4.69, 9.17) is 23.2 Å². The van der Waals surface area contributed by atoms with E-state index in [1.807, 2.05) is 48.7 Å². The van der Waals surface area contributed by atoms with Crippen molar-refractivity contribution in [2.45, 2.75) is 59.5 Å². The molecule has 0 fully saturated rings. The van der Waals surface area contributed by atoms with Gasteiger partial charge in [0, 0.05) is 37.1 Å². The standard InChI is InChI=1S/C34H35F3N6OS/c1-22-9-14-29(23(2)15-22)41-32(45)43(20-26-7-5-6-8-28(26)34(35,36)37)31(39)33(3,4)30(44)16-27-18-40-21-42(27)19-25-12-10-24(17-38)11-13-25/h5-15,18,21,31H,16,19-20,39H2,1-4H3,(H,41,45). The number of nitrogens with two attached hydrogens (primary N) is 1. The lowest BCUT2D eigenvalue weighted by Gasteiger charge is -2.40. The summed E-state index contributed by atoms with van der Waals surface area (Å²) < 4.78 is 43.7. The highest BCUT2D eigenvalue weighted by atomic mass is 32.1. The number of aromatic nitrogens is 2. The number of nitriles is 1. The van der Waals surface area contributed by atoms with Crippen LogP contribution in [0.4, 0.5) is 18.9 Å². The highest BCUT2D eigenvalue weighted by Gasteiger charge is 2.40. The van der Waals surface area contributed by atoms with Crippen LogP contribution in [0, 0.1) is 30.6 Å². The molecule has 0 aliphatic heterocycles. The van der Waals surface area contributed by atoms with Crippen LogP contribution in [0.15, 0.2) is 79.3 Å². The van der Waals surface area contributed by atoms with Crippen molar-refractivity contribution in [2.75, 3.05) is 5.32 Å². The van der Waals surface area contributed by atoms with Gasteiger partial charge in [0.15, 0.2) is 5.11 Å². The number of carbonyl (C=O) groups is 1. The second-order valence-electron chi connectivity index (χ2n) is 11.6. The van der Waals surface area contributed by atoms with Crippen molar-refractivity contribution in [2.24, 2.45) is 11.1 Å². The molecule has 0 radical (unpaired) electrons. The van der Waals surface area contributed by atoms with Crippen molar-refractivity contribution in [3.63, 3.8) is 0 Å². The Morgan fingerprint density at radius 3 is 2.44 bits per heavy atom. The number of alkyl halides is 3. The van der Waals surface area contributed by atoms with Gasteiger partial charge in [0.2, 0.25) is 0 Å². The predicted octanol–water partition coefficient (Wildman–Crippen LogP) is 6.76. The molecule has 4 rings (SSSR count). The van der Waals surface area contributed by atoms with Crippen LogP contribution in [-0.2, 0) is 30.5 Å². The van der Waals surface area contributed by atoms with Crippen LogP contribution < -0.4 is 11.1 Å². The van der Waals surface area contributed by atoms with Crippen LogP contribution in [0.1, 0.15) is 52.9 Å². The maximum absolute atomic E-state index is 14.0. The van der Waals surface area contributed by atoms with Gasteiger partial charge in [0.05, 0.1) is 35.1 Å². The molecule has 1 atom stereocenters. The molecular formula is C34H35F3N6OS. The van der Waals surface area contributed by atoms with Gasteiger partial charge in [-0.2, -0.15) is 18.4 Å². The molecule has 7 nitrogen and oxygen atoms in total. The molecule has 0 saturated heterocycles. The molecule has 0 aliphatic carbocycles. The van der Waals surface area contributed by atoms with Gasteiger partial charge in [0.25, 0.3) is 0 Å². The molecule has 0 saturated carbocycles. The Bertz CT molecular complexity index is 1720. The van der Waals surface area contributed by atoms with E-state index in [0.29, 0.717) is 23.5 Å². The second-order valence-corrected chi connectivity index (χ2v) is 12.0. The highest BCUT2D eigenvalue weighted by Crippen LogP contribution is 2.34. The molecule has 1 unspecified atom stereocenters. The number of aryl methyl sites for hydroxylation is 2. The summed E-state index contributed by atoms with van der Waals surface area (Å²) in [6.07, 6.45) is -2.47. The summed E-state index contributed by atoms with van der Waals surface area (Å²) in [7, 11) is 0. The number of anilines is 1. The summed E-state index contributed by atoms with van der Waals surface area (Å²) >= 11 is 5.75. The Kier molecular flexibility index (Phi) is 10.1. The van der Waals surface area contributed by atoms with Gasteiger partial charge in [-0.3, -0.25) is 4.79 Å². The van der Waals surface area contributed by atoms with E-state index in [2.05, 4.69) is 16.4 Å². The molecule has 1 aromatic heterocycles. The van der Waals surface area contributed by atoms with E-state index in [9.17, 15) is 18.0 Å². The zero-order valence-electron chi connectivity index (χ0n) is 25.5. The molecule has 3 aromatic carbocycles. The fourth-order valence-corrected chi connectivity index (χ4v) is 5.31. The topological polar surface area (TPSA) is 100.0 Å². The van der Waals surface area contributed by atoms with Crippen LogP contribution in [0.25, 0.3) is 0 Å². The summed E-state index contributed by atoms with van der Waals surface area (Å²) in [5, 5.41) is 12.3. The maximum Gasteiger partial charge on any atom is 0.416 e. The number of ketones is 1. The number of benzene rings is 3. The largest absolute Gasteiger partial charge is 0.416 e. The second kappa shape index (κ2) is 13.6. The van der Waals surface area contributed by atoms with E-state index in [1.54, 1.807) is 38.5 Å². The number of hydrogen-bond acceptors (Lipinski definition) is 5. The molecule has 0 bridgehead atoms. The van der Waals surface area contributed by atoms with Crippen molar-refractivity contribution in [3.05, 3.63) is 118 Å². The lowest BCUT2D eigenvalue weighted by atomic mass is 9.81. The van der Waals surface area contributed by atoms with Gasteiger partial charge in [-0.1, -0.05) is 48.0 Å². The van der Waals surface area contributed by atoms with Gasteiger partial charge in [-0.05, 0) is 80.9 Å². The molecule has 45 heavy (non-hydrogen) atoms. The van der Waals surface area contributed by atoms with E-state index >= 15 is 0 Å². The van der Waals surface area contributed by atoms with Crippen LogP contribution >= 0.6 is 12.2 Å².